The lowest BCUT2D eigenvalue weighted by molar-refractivity contribution is 0.0737. The highest BCUT2D eigenvalue weighted by atomic mass is 16.5. The van der Waals surface area contributed by atoms with Crippen molar-refractivity contribution in [3.63, 3.8) is 0 Å². The van der Waals surface area contributed by atoms with E-state index >= 15 is 0 Å². The molecule has 110 valence electrons. The zero-order valence-electron chi connectivity index (χ0n) is 12.3. The SMILES string of the molecule is COc1ncccc1C(=O)N(C)C(C)c1ccccc1O. The molecule has 2 rings (SSSR count). The van der Waals surface area contributed by atoms with Gasteiger partial charge >= 0.3 is 0 Å². The van der Waals surface area contributed by atoms with Gasteiger partial charge in [-0.2, -0.15) is 0 Å². The summed E-state index contributed by atoms with van der Waals surface area (Å²) in [6.07, 6.45) is 1.57. The average molecular weight is 286 g/mol. The zero-order valence-corrected chi connectivity index (χ0v) is 12.3. The molecule has 5 heteroatoms. The van der Waals surface area contributed by atoms with E-state index in [4.69, 9.17) is 4.74 Å². The number of phenols is 1. The van der Waals surface area contributed by atoms with Gasteiger partial charge in [0, 0.05) is 18.8 Å². The first kappa shape index (κ1) is 14.8. The van der Waals surface area contributed by atoms with Gasteiger partial charge in [-0.05, 0) is 25.1 Å². The summed E-state index contributed by atoms with van der Waals surface area (Å²) in [5.74, 6) is 0.248. The molecule has 1 aromatic carbocycles. The first-order valence-corrected chi connectivity index (χ1v) is 6.60. The molecule has 5 nitrogen and oxygen atoms in total. The highest BCUT2D eigenvalue weighted by Crippen LogP contribution is 2.29. The summed E-state index contributed by atoms with van der Waals surface area (Å²) in [7, 11) is 3.16. The molecular weight excluding hydrogens is 268 g/mol. The summed E-state index contributed by atoms with van der Waals surface area (Å²) < 4.78 is 5.12. The van der Waals surface area contributed by atoms with E-state index in [0.29, 0.717) is 17.0 Å². The summed E-state index contributed by atoms with van der Waals surface area (Å²) >= 11 is 0. The molecule has 0 radical (unpaired) electrons. The molecule has 0 fully saturated rings. The Balaban J connectivity index is 2.29. The van der Waals surface area contributed by atoms with Crippen molar-refractivity contribution in [1.29, 1.82) is 0 Å². The minimum Gasteiger partial charge on any atom is -0.508 e. The molecule has 0 bridgehead atoms. The van der Waals surface area contributed by atoms with Crippen LogP contribution >= 0.6 is 0 Å². The third-order valence-electron chi connectivity index (χ3n) is 3.48. The molecule has 1 unspecified atom stereocenters. The number of pyridine rings is 1. The first-order valence-electron chi connectivity index (χ1n) is 6.60. The fraction of sp³-hybridized carbons (Fsp3) is 0.250. The van der Waals surface area contributed by atoms with Crippen molar-refractivity contribution >= 4 is 5.91 Å². The number of aromatic nitrogens is 1. The molecule has 0 aliphatic heterocycles. The molecule has 1 atom stereocenters. The van der Waals surface area contributed by atoms with Crippen LogP contribution in [0.1, 0.15) is 28.9 Å². The molecule has 0 spiro atoms. The number of ether oxygens (including phenoxy) is 1. The zero-order chi connectivity index (χ0) is 15.4. The number of hydrogen-bond acceptors (Lipinski definition) is 4. The monoisotopic (exact) mass is 286 g/mol. The number of methoxy groups -OCH3 is 1. The lowest BCUT2D eigenvalue weighted by Crippen LogP contribution is -2.30. The van der Waals surface area contributed by atoms with Crippen LogP contribution in [0, 0.1) is 0 Å². The normalized spacial score (nSPS) is 11.8. The lowest BCUT2D eigenvalue weighted by atomic mass is 10.1. The second kappa shape index (κ2) is 6.26. The number of amides is 1. The van der Waals surface area contributed by atoms with Crippen molar-refractivity contribution < 1.29 is 14.6 Å². The number of rotatable bonds is 4. The van der Waals surface area contributed by atoms with E-state index < -0.39 is 0 Å². The number of benzene rings is 1. The van der Waals surface area contributed by atoms with Crippen LogP contribution in [0.3, 0.4) is 0 Å². The molecule has 2 aromatic rings. The molecule has 1 amide bonds. The van der Waals surface area contributed by atoms with Crippen LogP contribution in [-0.2, 0) is 0 Å². The standard InChI is InChI=1S/C16H18N2O3/c1-11(12-7-4-5-9-14(12)19)18(2)16(20)13-8-6-10-17-15(13)21-3/h4-11,19H,1-3H3. The maximum absolute atomic E-state index is 12.6. The largest absolute Gasteiger partial charge is 0.508 e. The predicted octanol–water partition coefficient (Wildman–Crippen LogP) is 2.63. The number of nitrogens with zero attached hydrogens (tertiary/aromatic N) is 2. The fourth-order valence-corrected chi connectivity index (χ4v) is 2.13. The minimum absolute atomic E-state index is 0.169. The van der Waals surface area contributed by atoms with Crippen LogP contribution in [0.2, 0.25) is 0 Å². The van der Waals surface area contributed by atoms with Gasteiger partial charge in [-0.1, -0.05) is 18.2 Å². The molecule has 1 heterocycles. The Labute approximate surface area is 123 Å². The Morgan fingerprint density at radius 3 is 2.67 bits per heavy atom. The van der Waals surface area contributed by atoms with E-state index in [1.807, 2.05) is 13.0 Å². The van der Waals surface area contributed by atoms with Gasteiger partial charge < -0.3 is 14.7 Å². The van der Waals surface area contributed by atoms with Gasteiger partial charge in [-0.3, -0.25) is 4.79 Å². The number of aromatic hydroxyl groups is 1. The Morgan fingerprint density at radius 1 is 1.29 bits per heavy atom. The molecule has 0 saturated heterocycles. The van der Waals surface area contributed by atoms with E-state index in [0.717, 1.165) is 0 Å². The van der Waals surface area contributed by atoms with E-state index in [9.17, 15) is 9.90 Å². The topological polar surface area (TPSA) is 62.7 Å². The van der Waals surface area contributed by atoms with Gasteiger partial charge in [-0.25, -0.2) is 4.98 Å². The quantitative estimate of drug-likeness (QED) is 0.938. The minimum atomic E-state index is -0.274. The van der Waals surface area contributed by atoms with Crippen molar-refractivity contribution in [1.82, 2.24) is 9.88 Å². The van der Waals surface area contributed by atoms with Gasteiger partial charge in [0.2, 0.25) is 5.88 Å². The Kier molecular flexibility index (Phi) is 4.42. The van der Waals surface area contributed by atoms with Crippen molar-refractivity contribution in [2.75, 3.05) is 14.2 Å². The Bertz CT molecular complexity index is 643. The average Bonchev–Trinajstić information content (AvgIpc) is 2.53. The number of carbonyl (C=O) groups excluding carboxylic acids is 1. The predicted molar refractivity (Wildman–Crippen MR) is 79.4 cm³/mol. The molecule has 0 aliphatic carbocycles. The summed E-state index contributed by atoms with van der Waals surface area (Å²) in [4.78, 5) is 18.2. The molecule has 0 aliphatic rings. The van der Waals surface area contributed by atoms with Crippen LogP contribution in [0.5, 0.6) is 11.6 Å². The van der Waals surface area contributed by atoms with Crippen molar-refractivity contribution in [3.8, 4) is 11.6 Å². The van der Waals surface area contributed by atoms with Crippen molar-refractivity contribution in [3.05, 3.63) is 53.7 Å². The van der Waals surface area contributed by atoms with Crippen LogP contribution in [-0.4, -0.2) is 35.1 Å². The molecule has 1 N–H and O–H groups in total. The third-order valence-corrected chi connectivity index (χ3v) is 3.48. The van der Waals surface area contributed by atoms with Gasteiger partial charge in [0.05, 0.1) is 13.2 Å². The second-order valence-corrected chi connectivity index (χ2v) is 4.71. The lowest BCUT2D eigenvalue weighted by Gasteiger charge is -2.26. The Hall–Kier alpha value is -2.56. The second-order valence-electron chi connectivity index (χ2n) is 4.71. The summed E-state index contributed by atoms with van der Waals surface area (Å²) in [5.41, 5.74) is 1.08. The Morgan fingerprint density at radius 2 is 2.00 bits per heavy atom. The highest BCUT2D eigenvalue weighted by molar-refractivity contribution is 5.96. The van der Waals surface area contributed by atoms with E-state index in [2.05, 4.69) is 4.98 Å². The van der Waals surface area contributed by atoms with Gasteiger partial charge in [0.25, 0.3) is 5.91 Å². The van der Waals surface area contributed by atoms with E-state index in [1.54, 1.807) is 48.5 Å². The highest BCUT2D eigenvalue weighted by Gasteiger charge is 2.23. The van der Waals surface area contributed by atoms with Gasteiger partial charge in [0.15, 0.2) is 0 Å². The summed E-state index contributed by atoms with van der Waals surface area (Å²) in [6, 6.07) is 10.1. The number of phenolic OH excluding ortho intramolecular Hbond substituents is 1. The van der Waals surface area contributed by atoms with E-state index in [1.165, 1.54) is 7.11 Å². The fourth-order valence-electron chi connectivity index (χ4n) is 2.13. The van der Waals surface area contributed by atoms with Crippen molar-refractivity contribution in [2.24, 2.45) is 0 Å². The molecule has 21 heavy (non-hydrogen) atoms. The number of hydrogen-bond donors (Lipinski definition) is 1. The van der Waals surface area contributed by atoms with Crippen molar-refractivity contribution in [2.45, 2.75) is 13.0 Å². The van der Waals surface area contributed by atoms with Crippen LogP contribution in [0.15, 0.2) is 42.6 Å². The summed E-state index contributed by atoms with van der Waals surface area (Å²) in [5, 5.41) is 9.91. The van der Waals surface area contributed by atoms with E-state index in [-0.39, 0.29) is 17.7 Å². The first-order chi connectivity index (χ1) is 10.1. The van der Waals surface area contributed by atoms with Gasteiger partial charge in [0.1, 0.15) is 11.3 Å². The third kappa shape index (κ3) is 2.97. The molecular formula is C16H18N2O3. The van der Waals surface area contributed by atoms with Crippen LogP contribution in [0.25, 0.3) is 0 Å². The number of carbonyl (C=O) groups is 1. The number of para-hydroxylation sites is 1. The maximum Gasteiger partial charge on any atom is 0.259 e. The summed E-state index contributed by atoms with van der Waals surface area (Å²) in [6.45, 7) is 1.86. The van der Waals surface area contributed by atoms with Crippen LogP contribution in [0.4, 0.5) is 0 Å². The van der Waals surface area contributed by atoms with Crippen LogP contribution < -0.4 is 4.74 Å². The molecule has 1 aromatic heterocycles. The maximum atomic E-state index is 12.6. The van der Waals surface area contributed by atoms with Gasteiger partial charge in [-0.15, -0.1) is 0 Å². The molecule has 0 saturated carbocycles. The smallest absolute Gasteiger partial charge is 0.259 e.